The second-order valence-corrected chi connectivity index (χ2v) is 9.01. The summed E-state index contributed by atoms with van der Waals surface area (Å²) in [7, 11) is 0. The van der Waals surface area contributed by atoms with Crippen molar-refractivity contribution >= 4 is 23.2 Å². The molecule has 0 fully saturated rings. The van der Waals surface area contributed by atoms with Gasteiger partial charge >= 0.3 is 0 Å². The van der Waals surface area contributed by atoms with Gasteiger partial charge in [0.05, 0.1) is 6.10 Å². The third kappa shape index (κ3) is 6.20. The Morgan fingerprint density at radius 3 is 1.66 bits per heavy atom. The molecule has 2 N–H and O–H groups in total. The van der Waals surface area contributed by atoms with E-state index >= 15 is 0 Å². The molecular formula is C27H30N2O3. The van der Waals surface area contributed by atoms with E-state index in [9.17, 15) is 9.59 Å². The highest BCUT2D eigenvalue weighted by atomic mass is 16.5. The van der Waals surface area contributed by atoms with E-state index in [1.165, 1.54) is 5.56 Å². The fourth-order valence-electron chi connectivity index (χ4n) is 3.16. The highest BCUT2D eigenvalue weighted by Gasteiger charge is 2.14. The summed E-state index contributed by atoms with van der Waals surface area (Å²) in [6.07, 6.45) is 0.0732. The molecule has 0 bridgehead atoms. The number of hydrogen-bond donors (Lipinski definition) is 2. The van der Waals surface area contributed by atoms with Crippen LogP contribution < -0.4 is 15.4 Å². The van der Waals surface area contributed by atoms with Gasteiger partial charge in [-0.1, -0.05) is 39.0 Å². The van der Waals surface area contributed by atoms with Gasteiger partial charge in [0.2, 0.25) is 0 Å². The predicted octanol–water partition coefficient (Wildman–Crippen LogP) is 6.28. The SMILES string of the molecule is CC(C)Oc1ccc(C(=O)Nc2cccc(NC(=O)c3ccc(C(C)(C)C)cc3)c2)cc1. The van der Waals surface area contributed by atoms with Gasteiger partial charge in [-0.3, -0.25) is 9.59 Å². The van der Waals surface area contributed by atoms with E-state index in [-0.39, 0.29) is 23.3 Å². The van der Waals surface area contributed by atoms with Crippen LogP contribution in [0.15, 0.2) is 72.8 Å². The number of nitrogens with one attached hydrogen (secondary N) is 2. The van der Waals surface area contributed by atoms with Crippen molar-refractivity contribution in [3.63, 3.8) is 0 Å². The third-order valence-corrected chi connectivity index (χ3v) is 4.88. The summed E-state index contributed by atoms with van der Waals surface area (Å²) < 4.78 is 5.61. The topological polar surface area (TPSA) is 67.4 Å². The molecule has 0 aromatic heterocycles. The van der Waals surface area contributed by atoms with Gasteiger partial charge in [-0.05, 0) is 79.4 Å². The van der Waals surface area contributed by atoms with Crippen molar-refractivity contribution in [1.29, 1.82) is 0 Å². The lowest BCUT2D eigenvalue weighted by molar-refractivity contribution is 0.101. The van der Waals surface area contributed by atoms with Crippen molar-refractivity contribution in [3.05, 3.63) is 89.5 Å². The zero-order valence-electron chi connectivity index (χ0n) is 19.2. The summed E-state index contributed by atoms with van der Waals surface area (Å²) >= 11 is 0. The average Bonchev–Trinajstić information content (AvgIpc) is 2.73. The van der Waals surface area contributed by atoms with Crippen molar-refractivity contribution in [3.8, 4) is 5.75 Å². The van der Waals surface area contributed by atoms with Crippen LogP contribution in [0.25, 0.3) is 0 Å². The van der Waals surface area contributed by atoms with E-state index in [4.69, 9.17) is 4.74 Å². The number of hydrogen-bond acceptors (Lipinski definition) is 3. The van der Waals surface area contributed by atoms with Gasteiger partial charge in [0.15, 0.2) is 0 Å². The Balaban J connectivity index is 1.65. The number of amides is 2. The smallest absolute Gasteiger partial charge is 0.255 e. The molecule has 0 spiro atoms. The van der Waals surface area contributed by atoms with Crippen LogP contribution in [0.4, 0.5) is 11.4 Å². The van der Waals surface area contributed by atoms with Crippen LogP contribution in [0, 0.1) is 0 Å². The summed E-state index contributed by atoms with van der Waals surface area (Å²) in [4.78, 5) is 25.2. The molecule has 0 aliphatic rings. The first-order valence-electron chi connectivity index (χ1n) is 10.7. The molecular weight excluding hydrogens is 400 g/mol. The van der Waals surface area contributed by atoms with E-state index in [1.807, 2.05) is 38.1 Å². The monoisotopic (exact) mass is 430 g/mol. The van der Waals surface area contributed by atoms with Crippen LogP contribution in [-0.2, 0) is 5.41 Å². The largest absolute Gasteiger partial charge is 0.491 e. The summed E-state index contributed by atoms with van der Waals surface area (Å²) in [5, 5.41) is 5.75. The Hall–Kier alpha value is -3.60. The lowest BCUT2D eigenvalue weighted by atomic mass is 9.87. The van der Waals surface area contributed by atoms with Gasteiger partial charge in [0.1, 0.15) is 5.75 Å². The Labute approximate surface area is 189 Å². The molecule has 3 aromatic rings. The van der Waals surface area contributed by atoms with Crippen LogP contribution in [0.2, 0.25) is 0 Å². The number of ether oxygens (including phenoxy) is 1. The van der Waals surface area contributed by atoms with Crippen molar-refractivity contribution in [1.82, 2.24) is 0 Å². The summed E-state index contributed by atoms with van der Waals surface area (Å²) in [6.45, 7) is 10.3. The number of carbonyl (C=O) groups excluding carboxylic acids is 2. The third-order valence-electron chi connectivity index (χ3n) is 4.88. The normalized spacial score (nSPS) is 11.2. The fourth-order valence-corrected chi connectivity index (χ4v) is 3.16. The zero-order chi connectivity index (χ0) is 23.3. The molecule has 5 nitrogen and oxygen atoms in total. The van der Waals surface area contributed by atoms with Gasteiger partial charge in [0.25, 0.3) is 11.8 Å². The first-order chi connectivity index (χ1) is 15.1. The molecule has 0 saturated carbocycles. The second kappa shape index (κ2) is 9.69. The molecule has 0 heterocycles. The Kier molecular flexibility index (Phi) is 6.98. The number of rotatable bonds is 6. The van der Waals surface area contributed by atoms with Gasteiger partial charge < -0.3 is 15.4 Å². The molecule has 0 unspecified atom stereocenters. The molecule has 0 aliphatic heterocycles. The molecule has 2 amide bonds. The molecule has 3 aromatic carbocycles. The minimum atomic E-state index is -0.234. The quantitative estimate of drug-likeness (QED) is 0.484. The Bertz CT molecular complexity index is 1080. The van der Waals surface area contributed by atoms with E-state index in [0.29, 0.717) is 22.5 Å². The molecule has 0 saturated heterocycles. The average molecular weight is 431 g/mol. The maximum Gasteiger partial charge on any atom is 0.255 e. The van der Waals surface area contributed by atoms with Crippen molar-refractivity contribution in [2.45, 2.75) is 46.1 Å². The van der Waals surface area contributed by atoms with Gasteiger partial charge in [-0.15, -0.1) is 0 Å². The minimum Gasteiger partial charge on any atom is -0.491 e. The van der Waals surface area contributed by atoms with Crippen LogP contribution in [-0.4, -0.2) is 17.9 Å². The van der Waals surface area contributed by atoms with Crippen LogP contribution in [0.5, 0.6) is 5.75 Å². The lowest BCUT2D eigenvalue weighted by Gasteiger charge is -2.19. The van der Waals surface area contributed by atoms with Gasteiger partial charge in [-0.25, -0.2) is 0 Å². The van der Waals surface area contributed by atoms with E-state index in [0.717, 1.165) is 5.75 Å². The van der Waals surface area contributed by atoms with Crippen molar-refractivity contribution in [2.24, 2.45) is 0 Å². The minimum absolute atomic E-state index is 0.0311. The van der Waals surface area contributed by atoms with Crippen LogP contribution in [0.1, 0.15) is 60.9 Å². The van der Waals surface area contributed by atoms with Crippen molar-refractivity contribution in [2.75, 3.05) is 10.6 Å². The molecule has 32 heavy (non-hydrogen) atoms. The van der Waals surface area contributed by atoms with E-state index in [1.54, 1.807) is 48.5 Å². The molecule has 0 atom stereocenters. The summed E-state index contributed by atoms with van der Waals surface area (Å²) in [5.41, 5.74) is 3.50. The van der Waals surface area contributed by atoms with Crippen molar-refractivity contribution < 1.29 is 14.3 Å². The van der Waals surface area contributed by atoms with Crippen LogP contribution >= 0.6 is 0 Å². The first kappa shape index (κ1) is 23.1. The summed E-state index contributed by atoms with van der Waals surface area (Å²) in [5.74, 6) is 0.286. The number of benzene rings is 3. The predicted molar refractivity (Wildman–Crippen MR) is 130 cm³/mol. The second-order valence-electron chi connectivity index (χ2n) is 9.01. The molecule has 0 aliphatic carbocycles. The molecule has 166 valence electrons. The maximum absolute atomic E-state index is 12.6. The zero-order valence-corrected chi connectivity index (χ0v) is 19.2. The Morgan fingerprint density at radius 2 is 1.22 bits per heavy atom. The maximum atomic E-state index is 12.6. The van der Waals surface area contributed by atoms with Gasteiger partial charge in [0, 0.05) is 22.5 Å². The highest BCUT2D eigenvalue weighted by molar-refractivity contribution is 6.06. The molecule has 5 heteroatoms. The number of carbonyl (C=O) groups is 2. The lowest BCUT2D eigenvalue weighted by Crippen LogP contribution is -2.15. The molecule has 0 radical (unpaired) electrons. The summed E-state index contributed by atoms with van der Waals surface area (Å²) in [6, 6.07) is 21.7. The van der Waals surface area contributed by atoms with Gasteiger partial charge in [-0.2, -0.15) is 0 Å². The number of anilines is 2. The highest BCUT2D eigenvalue weighted by Crippen LogP contribution is 2.23. The van der Waals surface area contributed by atoms with Crippen LogP contribution in [0.3, 0.4) is 0 Å². The van der Waals surface area contributed by atoms with E-state index in [2.05, 4.69) is 31.4 Å². The standard InChI is InChI=1S/C27H30N2O3/c1-18(2)32-24-15-11-20(12-16-24)26(31)29-23-8-6-7-22(17-23)28-25(30)19-9-13-21(14-10-19)27(3,4)5/h6-18H,1-5H3,(H,28,30)(H,29,31). The first-order valence-corrected chi connectivity index (χ1v) is 10.7. The fraction of sp³-hybridized carbons (Fsp3) is 0.259. The molecule has 3 rings (SSSR count). The van der Waals surface area contributed by atoms with E-state index < -0.39 is 0 Å². The Morgan fingerprint density at radius 1 is 0.750 bits per heavy atom.